The lowest BCUT2D eigenvalue weighted by molar-refractivity contribution is 0.562. The fraction of sp³-hybridized carbons (Fsp3) is 0.529. The van der Waals surface area contributed by atoms with Crippen LogP contribution in [0.2, 0.25) is 0 Å². The van der Waals surface area contributed by atoms with Gasteiger partial charge in [0.2, 0.25) is 0 Å². The lowest BCUT2D eigenvalue weighted by Crippen LogP contribution is -2.34. The Balaban J connectivity index is 1.94. The first kappa shape index (κ1) is 15.6. The van der Waals surface area contributed by atoms with Gasteiger partial charge in [-0.1, -0.05) is 24.6 Å². The summed E-state index contributed by atoms with van der Waals surface area (Å²) in [4.78, 5) is 1.02. The Morgan fingerprint density at radius 1 is 1.35 bits per heavy atom. The summed E-state index contributed by atoms with van der Waals surface area (Å²) in [6.45, 7) is 3.24. The molecule has 1 N–H and O–H groups in total. The summed E-state index contributed by atoms with van der Waals surface area (Å²) >= 11 is 1.74. The van der Waals surface area contributed by atoms with Crippen molar-refractivity contribution < 1.29 is 4.39 Å². The molecule has 0 saturated carbocycles. The Bertz CT molecular complexity index is 444. The normalized spacial score (nSPS) is 16.8. The van der Waals surface area contributed by atoms with Crippen molar-refractivity contribution in [1.82, 2.24) is 5.32 Å². The Morgan fingerprint density at radius 2 is 2.25 bits per heavy atom. The van der Waals surface area contributed by atoms with Gasteiger partial charge in [0, 0.05) is 16.7 Å². The highest BCUT2D eigenvalue weighted by atomic mass is 32.2. The van der Waals surface area contributed by atoms with Crippen molar-refractivity contribution in [2.45, 2.75) is 50.0 Å². The molecule has 1 unspecified atom stereocenters. The van der Waals surface area contributed by atoms with E-state index >= 15 is 0 Å². The number of benzene rings is 1. The number of hydrogen-bond acceptors (Lipinski definition) is 2. The van der Waals surface area contributed by atoms with Crippen LogP contribution < -0.4 is 5.32 Å². The van der Waals surface area contributed by atoms with Gasteiger partial charge in [-0.25, -0.2) is 4.39 Å². The average molecular weight is 293 g/mol. The van der Waals surface area contributed by atoms with E-state index in [-0.39, 0.29) is 5.82 Å². The number of thioether (sulfide) groups is 1. The van der Waals surface area contributed by atoms with E-state index in [1.54, 1.807) is 29.5 Å². The second kappa shape index (κ2) is 8.48. The van der Waals surface area contributed by atoms with Crippen LogP contribution in [0.5, 0.6) is 0 Å². The second-order valence-electron chi connectivity index (χ2n) is 5.30. The molecule has 0 spiro atoms. The van der Waals surface area contributed by atoms with Gasteiger partial charge in [-0.15, -0.1) is 11.8 Å². The SMILES string of the molecule is CCCNC(CSc1cccc(F)c1)C1=CCCCC1. The molecule has 1 aliphatic rings. The fourth-order valence-corrected chi connectivity index (χ4v) is 3.59. The summed E-state index contributed by atoms with van der Waals surface area (Å²) in [5.41, 5.74) is 1.55. The van der Waals surface area contributed by atoms with Crippen molar-refractivity contribution in [3.63, 3.8) is 0 Å². The van der Waals surface area contributed by atoms with Crippen LogP contribution >= 0.6 is 11.8 Å². The van der Waals surface area contributed by atoms with Crippen LogP contribution in [0.4, 0.5) is 4.39 Å². The van der Waals surface area contributed by atoms with E-state index in [1.807, 2.05) is 6.07 Å². The molecular formula is C17H24FNS. The topological polar surface area (TPSA) is 12.0 Å². The van der Waals surface area contributed by atoms with Crippen molar-refractivity contribution in [3.05, 3.63) is 41.7 Å². The zero-order valence-electron chi connectivity index (χ0n) is 12.2. The van der Waals surface area contributed by atoms with E-state index < -0.39 is 0 Å². The maximum Gasteiger partial charge on any atom is 0.124 e. The van der Waals surface area contributed by atoms with Gasteiger partial charge in [-0.3, -0.25) is 0 Å². The van der Waals surface area contributed by atoms with E-state index in [1.165, 1.54) is 31.7 Å². The third-order valence-corrected chi connectivity index (χ3v) is 4.71. The fourth-order valence-electron chi connectivity index (χ4n) is 2.53. The van der Waals surface area contributed by atoms with Gasteiger partial charge < -0.3 is 5.32 Å². The van der Waals surface area contributed by atoms with Crippen molar-refractivity contribution in [3.8, 4) is 0 Å². The molecular weight excluding hydrogens is 269 g/mol. The molecule has 0 saturated heterocycles. The summed E-state index contributed by atoms with van der Waals surface area (Å²) in [5.74, 6) is 0.833. The zero-order valence-corrected chi connectivity index (χ0v) is 13.0. The molecule has 1 aliphatic carbocycles. The van der Waals surface area contributed by atoms with E-state index in [0.29, 0.717) is 6.04 Å². The molecule has 3 heteroatoms. The van der Waals surface area contributed by atoms with Gasteiger partial charge in [-0.2, -0.15) is 0 Å². The smallest absolute Gasteiger partial charge is 0.124 e. The van der Waals surface area contributed by atoms with Gasteiger partial charge in [0.15, 0.2) is 0 Å². The summed E-state index contributed by atoms with van der Waals surface area (Å²) in [7, 11) is 0. The van der Waals surface area contributed by atoms with Crippen LogP contribution in [0.1, 0.15) is 39.0 Å². The molecule has 0 amide bonds. The number of allylic oxidation sites excluding steroid dienone is 1. The molecule has 0 radical (unpaired) electrons. The number of hydrogen-bond donors (Lipinski definition) is 1. The molecule has 0 heterocycles. The van der Waals surface area contributed by atoms with E-state index in [9.17, 15) is 4.39 Å². The van der Waals surface area contributed by atoms with Gasteiger partial charge in [0.05, 0.1) is 0 Å². The van der Waals surface area contributed by atoms with Crippen LogP contribution in [-0.4, -0.2) is 18.3 Å². The standard InChI is InChI=1S/C17H24FNS/c1-2-11-19-17(14-7-4-3-5-8-14)13-20-16-10-6-9-15(18)12-16/h6-7,9-10,12,17,19H,2-5,8,11,13H2,1H3. The lowest BCUT2D eigenvalue weighted by Gasteiger charge is -2.24. The summed E-state index contributed by atoms with van der Waals surface area (Å²) in [5, 5.41) is 3.64. The molecule has 0 bridgehead atoms. The van der Waals surface area contributed by atoms with Gasteiger partial charge in [-0.05, 0) is 56.8 Å². The Hall–Kier alpha value is -0.800. The second-order valence-corrected chi connectivity index (χ2v) is 6.39. The first-order valence-electron chi connectivity index (χ1n) is 7.60. The average Bonchev–Trinajstić information content (AvgIpc) is 2.48. The maximum atomic E-state index is 13.2. The van der Waals surface area contributed by atoms with Crippen LogP contribution in [0.15, 0.2) is 40.8 Å². The van der Waals surface area contributed by atoms with Gasteiger partial charge in [0.25, 0.3) is 0 Å². The summed E-state index contributed by atoms with van der Waals surface area (Å²) < 4.78 is 13.2. The van der Waals surface area contributed by atoms with Crippen LogP contribution in [0.3, 0.4) is 0 Å². The minimum Gasteiger partial charge on any atom is -0.310 e. The summed E-state index contributed by atoms with van der Waals surface area (Å²) in [6, 6.07) is 7.33. The van der Waals surface area contributed by atoms with E-state index in [4.69, 9.17) is 0 Å². The Morgan fingerprint density at radius 3 is 2.95 bits per heavy atom. The highest BCUT2D eigenvalue weighted by Gasteiger charge is 2.16. The van der Waals surface area contributed by atoms with Crippen molar-refractivity contribution in [2.75, 3.05) is 12.3 Å². The molecule has 1 nitrogen and oxygen atoms in total. The molecule has 0 fully saturated rings. The maximum absolute atomic E-state index is 13.2. The highest BCUT2D eigenvalue weighted by Crippen LogP contribution is 2.26. The van der Waals surface area contributed by atoms with Gasteiger partial charge in [0.1, 0.15) is 5.82 Å². The predicted molar refractivity (Wildman–Crippen MR) is 85.8 cm³/mol. The number of nitrogens with one attached hydrogen (secondary N) is 1. The minimum atomic E-state index is -0.148. The third kappa shape index (κ3) is 4.95. The van der Waals surface area contributed by atoms with Crippen LogP contribution in [0.25, 0.3) is 0 Å². The Kier molecular flexibility index (Phi) is 6.61. The number of halogens is 1. The molecule has 110 valence electrons. The van der Waals surface area contributed by atoms with Crippen molar-refractivity contribution >= 4 is 11.8 Å². The molecule has 20 heavy (non-hydrogen) atoms. The van der Waals surface area contributed by atoms with Crippen molar-refractivity contribution in [1.29, 1.82) is 0 Å². The monoisotopic (exact) mass is 293 g/mol. The molecule has 1 aromatic carbocycles. The number of rotatable bonds is 7. The minimum absolute atomic E-state index is 0.148. The first-order chi connectivity index (χ1) is 9.79. The third-order valence-electron chi connectivity index (χ3n) is 3.63. The quantitative estimate of drug-likeness (QED) is 0.573. The molecule has 0 aliphatic heterocycles. The lowest BCUT2D eigenvalue weighted by atomic mass is 9.94. The molecule has 1 atom stereocenters. The molecule has 2 rings (SSSR count). The van der Waals surface area contributed by atoms with Crippen LogP contribution in [-0.2, 0) is 0 Å². The summed E-state index contributed by atoms with van der Waals surface area (Å²) in [6.07, 6.45) is 8.61. The van der Waals surface area contributed by atoms with Crippen LogP contribution in [0, 0.1) is 5.82 Å². The zero-order chi connectivity index (χ0) is 14.2. The molecule has 0 aromatic heterocycles. The van der Waals surface area contributed by atoms with Gasteiger partial charge >= 0.3 is 0 Å². The van der Waals surface area contributed by atoms with Crippen molar-refractivity contribution in [2.24, 2.45) is 0 Å². The first-order valence-corrected chi connectivity index (χ1v) is 8.59. The molecule has 1 aromatic rings. The van der Waals surface area contributed by atoms with E-state index in [2.05, 4.69) is 18.3 Å². The predicted octanol–water partition coefficient (Wildman–Crippen LogP) is 4.79. The largest absolute Gasteiger partial charge is 0.310 e. The highest BCUT2D eigenvalue weighted by molar-refractivity contribution is 7.99. The van der Waals surface area contributed by atoms with E-state index in [0.717, 1.165) is 23.6 Å². The Labute approximate surface area is 126 Å².